The Bertz CT molecular complexity index is 574. The number of hydrogen-bond acceptors (Lipinski definition) is 2. The van der Waals surface area contributed by atoms with Gasteiger partial charge in [-0.05, 0) is 31.5 Å². The van der Waals surface area contributed by atoms with Gasteiger partial charge in [-0.2, -0.15) is 0 Å². The molecule has 0 fully saturated rings. The number of fused-ring (bicyclic) bond motifs is 1. The SMILES string of the molecule is CCCCNC(=O)c1oc2ccc(Br)cc2c1C. The van der Waals surface area contributed by atoms with Gasteiger partial charge < -0.3 is 9.73 Å². The molecule has 1 amide bonds. The molecule has 0 spiro atoms. The molecule has 0 unspecified atom stereocenters. The summed E-state index contributed by atoms with van der Waals surface area (Å²) >= 11 is 3.42. The summed E-state index contributed by atoms with van der Waals surface area (Å²) in [6, 6.07) is 5.75. The molecule has 0 saturated heterocycles. The molecule has 0 bridgehead atoms. The van der Waals surface area contributed by atoms with Crippen molar-refractivity contribution in [2.24, 2.45) is 0 Å². The first-order chi connectivity index (χ1) is 8.63. The number of halogens is 1. The zero-order valence-electron chi connectivity index (χ0n) is 10.5. The second-order valence-electron chi connectivity index (χ2n) is 4.31. The summed E-state index contributed by atoms with van der Waals surface area (Å²) in [5, 5.41) is 3.85. The van der Waals surface area contributed by atoms with Crippen molar-refractivity contribution in [2.75, 3.05) is 6.54 Å². The number of carbonyl (C=O) groups is 1. The quantitative estimate of drug-likeness (QED) is 0.866. The van der Waals surface area contributed by atoms with Crippen LogP contribution in [0.3, 0.4) is 0 Å². The highest BCUT2D eigenvalue weighted by molar-refractivity contribution is 9.10. The molecule has 18 heavy (non-hydrogen) atoms. The lowest BCUT2D eigenvalue weighted by Crippen LogP contribution is -2.24. The summed E-state index contributed by atoms with van der Waals surface area (Å²) < 4.78 is 6.60. The minimum atomic E-state index is -0.131. The predicted molar refractivity (Wildman–Crippen MR) is 75.9 cm³/mol. The molecule has 4 heteroatoms. The molecule has 3 nitrogen and oxygen atoms in total. The van der Waals surface area contributed by atoms with E-state index in [9.17, 15) is 4.79 Å². The Morgan fingerprint density at radius 2 is 2.22 bits per heavy atom. The van der Waals surface area contributed by atoms with Gasteiger partial charge in [0.1, 0.15) is 5.58 Å². The number of benzene rings is 1. The highest BCUT2D eigenvalue weighted by atomic mass is 79.9. The molecule has 2 aromatic rings. The average molecular weight is 310 g/mol. The molecule has 0 saturated carbocycles. The van der Waals surface area contributed by atoms with Crippen LogP contribution in [0, 0.1) is 6.92 Å². The monoisotopic (exact) mass is 309 g/mol. The first-order valence-corrected chi connectivity index (χ1v) is 6.89. The van der Waals surface area contributed by atoms with Crippen LogP contribution in [-0.2, 0) is 0 Å². The number of carbonyl (C=O) groups excluding carboxylic acids is 1. The number of unbranched alkanes of at least 4 members (excludes halogenated alkanes) is 1. The van der Waals surface area contributed by atoms with Crippen LogP contribution in [-0.4, -0.2) is 12.5 Å². The molecule has 0 aliphatic carbocycles. The van der Waals surface area contributed by atoms with E-state index in [1.807, 2.05) is 25.1 Å². The first-order valence-electron chi connectivity index (χ1n) is 6.10. The van der Waals surface area contributed by atoms with Gasteiger partial charge in [-0.1, -0.05) is 29.3 Å². The van der Waals surface area contributed by atoms with Crippen molar-refractivity contribution in [3.05, 3.63) is 34.0 Å². The van der Waals surface area contributed by atoms with Crippen LogP contribution in [0.2, 0.25) is 0 Å². The van der Waals surface area contributed by atoms with E-state index in [1.54, 1.807) is 0 Å². The standard InChI is InChI=1S/C14H16BrNO2/c1-3-4-7-16-14(17)13-9(2)11-8-10(15)5-6-12(11)18-13/h5-6,8H,3-4,7H2,1-2H3,(H,16,17). The fourth-order valence-corrected chi connectivity index (χ4v) is 2.23. The van der Waals surface area contributed by atoms with Crippen molar-refractivity contribution in [1.29, 1.82) is 0 Å². The van der Waals surface area contributed by atoms with Gasteiger partial charge in [0.05, 0.1) is 0 Å². The smallest absolute Gasteiger partial charge is 0.287 e. The lowest BCUT2D eigenvalue weighted by atomic mass is 10.1. The third kappa shape index (κ3) is 2.58. The second-order valence-corrected chi connectivity index (χ2v) is 5.22. The lowest BCUT2D eigenvalue weighted by molar-refractivity contribution is 0.0927. The summed E-state index contributed by atoms with van der Waals surface area (Å²) in [6.07, 6.45) is 2.04. The van der Waals surface area contributed by atoms with Crippen molar-refractivity contribution in [3.8, 4) is 0 Å². The largest absolute Gasteiger partial charge is 0.451 e. The molecule has 0 aliphatic rings. The van der Waals surface area contributed by atoms with Crippen LogP contribution in [0.4, 0.5) is 0 Å². The van der Waals surface area contributed by atoms with E-state index < -0.39 is 0 Å². The van der Waals surface area contributed by atoms with Crippen LogP contribution in [0.5, 0.6) is 0 Å². The first kappa shape index (κ1) is 13.1. The maximum absolute atomic E-state index is 12.0. The highest BCUT2D eigenvalue weighted by Crippen LogP contribution is 2.27. The van der Waals surface area contributed by atoms with E-state index >= 15 is 0 Å². The van der Waals surface area contributed by atoms with Crippen molar-refractivity contribution >= 4 is 32.8 Å². The molecular formula is C14H16BrNO2. The van der Waals surface area contributed by atoms with Crippen molar-refractivity contribution in [1.82, 2.24) is 5.32 Å². The Labute approximate surface area is 115 Å². The molecule has 0 radical (unpaired) electrons. The summed E-state index contributed by atoms with van der Waals surface area (Å²) in [6.45, 7) is 4.69. The molecule has 0 atom stereocenters. The van der Waals surface area contributed by atoms with Gasteiger partial charge in [0, 0.05) is 22.0 Å². The average Bonchev–Trinajstić information content (AvgIpc) is 2.67. The number of aryl methyl sites for hydroxylation is 1. The molecule has 1 aromatic heterocycles. The van der Waals surface area contributed by atoms with Crippen LogP contribution < -0.4 is 5.32 Å². The molecule has 1 aromatic carbocycles. The Hall–Kier alpha value is -1.29. The Balaban J connectivity index is 2.28. The molecule has 96 valence electrons. The van der Waals surface area contributed by atoms with E-state index in [0.717, 1.165) is 33.8 Å². The summed E-state index contributed by atoms with van der Waals surface area (Å²) in [5.74, 6) is 0.285. The fourth-order valence-electron chi connectivity index (χ4n) is 1.87. The molecule has 1 N–H and O–H groups in total. The number of nitrogens with one attached hydrogen (secondary N) is 1. The van der Waals surface area contributed by atoms with E-state index in [-0.39, 0.29) is 5.91 Å². The molecule has 0 aliphatic heterocycles. The summed E-state index contributed by atoms with van der Waals surface area (Å²) in [7, 11) is 0. The number of hydrogen-bond donors (Lipinski definition) is 1. The predicted octanol–water partition coefficient (Wildman–Crippen LogP) is 4.03. The van der Waals surface area contributed by atoms with Crippen molar-refractivity contribution in [2.45, 2.75) is 26.7 Å². The van der Waals surface area contributed by atoms with Crippen LogP contribution in [0.15, 0.2) is 27.1 Å². The maximum atomic E-state index is 12.0. The van der Waals surface area contributed by atoms with Crippen LogP contribution in [0.1, 0.15) is 35.9 Å². The van der Waals surface area contributed by atoms with E-state index in [4.69, 9.17) is 4.42 Å². The molecular weight excluding hydrogens is 294 g/mol. The second kappa shape index (κ2) is 5.57. The zero-order chi connectivity index (χ0) is 13.1. The Kier molecular flexibility index (Phi) is 4.07. The van der Waals surface area contributed by atoms with Crippen molar-refractivity contribution in [3.63, 3.8) is 0 Å². The lowest BCUT2D eigenvalue weighted by Gasteiger charge is -2.01. The van der Waals surface area contributed by atoms with Gasteiger partial charge in [0.15, 0.2) is 5.76 Å². The van der Waals surface area contributed by atoms with Crippen LogP contribution in [0.25, 0.3) is 11.0 Å². The minimum Gasteiger partial charge on any atom is -0.451 e. The summed E-state index contributed by atoms with van der Waals surface area (Å²) in [5.41, 5.74) is 1.64. The maximum Gasteiger partial charge on any atom is 0.287 e. The molecule has 2 rings (SSSR count). The third-order valence-electron chi connectivity index (χ3n) is 2.92. The zero-order valence-corrected chi connectivity index (χ0v) is 12.1. The van der Waals surface area contributed by atoms with E-state index in [1.165, 1.54) is 0 Å². The molecule has 1 heterocycles. The van der Waals surface area contributed by atoms with Gasteiger partial charge in [-0.3, -0.25) is 4.79 Å². The fraction of sp³-hybridized carbons (Fsp3) is 0.357. The number of amides is 1. The van der Waals surface area contributed by atoms with E-state index in [0.29, 0.717) is 12.3 Å². The topological polar surface area (TPSA) is 42.2 Å². The van der Waals surface area contributed by atoms with Crippen molar-refractivity contribution < 1.29 is 9.21 Å². The normalized spacial score (nSPS) is 10.8. The summed E-state index contributed by atoms with van der Waals surface area (Å²) in [4.78, 5) is 12.0. The van der Waals surface area contributed by atoms with Gasteiger partial charge in [-0.25, -0.2) is 0 Å². The van der Waals surface area contributed by atoms with Crippen LogP contribution >= 0.6 is 15.9 Å². The Morgan fingerprint density at radius 3 is 2.94 bits per heavy atom. The Morgan fingerprint density at radius 1 is 1.44 bits per heavy atom. The highest BCUT2D eigenvalue weighted by Gasteiger charge is 2.17. The minimum absolute atomic E-state index is 0.131. The number of rotatable bonds is 4. The number of furan rings is 1. The van der Waals surface area contributed by atoms with Gasteiger partial charge in [0.25, 0.3) is 5.91 Å². The third-order valence-corrected chi connectivity index (χ3v) is 3.41. The van der Waals surface area contributed by atoms with Gasteiger partial charge in [0.2, 0.25) is 0 Å². The van der Waals surface area contributed by atoms with Gasteiger partial charge >= 0.3 is 0 Å². The van der Waals surface area contributed by atoms with Gasteiger partial charge in [-0.15, -0.1) is 0 Å². The van der Waals surface area contributed by atoms with E-state index in [2.05, 4.69) is 28.2 Å².